The van der Waals surface area contributed by atoms with Gasteiger partial charge in [0, 0.05) is 6.04 Å². The summed E-state index contributed by atoms with van der Waals surface area (Å²) in [5.74, 6) is -0.256. The molecular formula is C12H19N3O2. The maximum atomic E-state index is 12.1. The van der Waals surface area contributed by atoms with Crippen LogP contribution in [0.15, 0.2) is 12.5 Å². The molecule has 5 nitrogen and oxygen atoms in total. The van der Waals surface area contributed by atoms with Crippen molar-refractivity contribution < 1.29 is 9.53 Å². The van der Waals surface area contributed by atoms with Gasteiger partial charge in [0.2, 0.25) is 0 Å². The molecule has 0 aliphatic heterocycles. The van der Waals surface area contributed by atoms with E-state index in [1.807, 2.05) is 20.8 Å². The second kappa shape index (κ2) is 4.49. The Kier molecular flexibility index (Phi) is 3.19. The zero-order chi connectivity index (χ0) is 12.5. The summed E-state index contributed by atoms with van der Waals surface area (Å²) in [5.41, 5.74) is 0.284. The second-order valence-corrected chi connectivity index (χ2v) is 5.41. The molecule has 0 saturated heterocycles. The fourth-order valence-electron chi connectivity index (χ4n) is 1.56. The summed E-state index contributed by atoms with van der Waals surface area (Å²) >= 11 is 0. The van der Waals surface area contributed by atoms with E-state index in [0.717, 1.165) is 18.5 Å². The third kappa shape index (κ3) is 3.56. The van der Waals surface area contributed by atoms with Crippen LogP contribution in [-0.2, 0) is 9.53 Å². The van der Waals surface area contributed by atoms with Gasteiger partial charge in [-0.1, -0.05) is 0 Å². The molecule has 0 bridgehead atoms. The quantitative estimate of drug-likeness (QED) is 0.780. The van der Waals surface area contributed by atoms with Crippen molar-refractivity contribution >= 4 is 5.97 Å². The molecule has 1 aliphatic rings. The SMILES string of the molecule is CC(C)(C)OC(=O)C(NC1CC1)c1cnc[nH]1. The summed E-state index contributed by atoms with van der Waals surface area (Å²) in [6.07, 6.45) is 5.46. The number of carbonyl (C=O) groups is 1. The molecule has 2 N–H and O–H groups in total. The smallest absolute Gasteiger partial charge is 0.329 e. The Morgan fingerprint density at radius 3 is 2.76 bits per heavy atom. The molecule has 0 amide bonds. The van der Waals surface area contributed by atoms with E-state index < -0.39 is 11.6 Å². The number of rotatable bonds is 4. The van der Waals surface area contributed by atoms with E-state index in [2.05, 4.69) is 15.3 Å². The molecule has 1 saturated carbocycles. The third-order valence-corrected chi connectivity index (χ3v) is 2.45. The minimum atomic E-state index is -0.472. The van der Waals surface area contributed by atoms with Crippen LogP contribution < -0.4 is 5.32 Å². The Morgan fingerprint density at radius 2 is 2.29 bits per heavy atom. The number of ether oxygens (including phenoxy) is 1. The van der Waals surface area contributed by atoms with Gasteiger partial charge in [0.05, 0.1) is 18.2 Å². The lowest BCUT2D eigenvalue weighted by Crippen LogP contribution is -2.36. The molecular weight excluding hydrogens is 218 g/mol. The Hall–Kier alpha value is -1.36. The highest BCUT2D eigenvalue weighted by molar-refractivity contribution is 5.77. The molecule has 94 valence electrons. The number of aromatic nitrogens is 2. The van der Waals surface area contributed by atoms with Gasteiger partial charge in [0.1, 0.15) is 11.6 Å². The fraction of sp³-hybridized carbons (Fsp3) is 0.667. The summed E-state index contributed by atoms with van der Waals surface area (Å²) in [6.45, 7) is 5.60. The van der Waals surface area contributed by atoms with Gasteiger partial charge in [-0.05, 0) is 33.6 Å². The molecule has 1 heterocycles. The molecule has 0 radical (unpaired) electrons. The highest BCUT2D eigenvalue weighted by Gasteiger charge is 2.33. The van der Waals surface area contributed by atoms with Gasteiger partial charge < -0.3 is 9.72 Å². The molecule has 1 aliphatic carbocycles. The van der Waals surface area contributed by atoms with Crippen LogP contribution in [0.2, 0.25) is 0 Å². The first-order valence-electron chi connectivity index (χ1n) is 5.93. The van der Waals surface area contributed by atoms with E-state index >= 15 is 0 Å². The second-order valence-electron chi connectivity index (χ2n) is 5.41. The molecule has 0 spiro atoms. The first-order chi connectivity index (χ1) is 7.96. The van der Waals surface area contributed by atoms with Crippen LogP contribution in [0.4, 0.5) is 0 Å². The highest BCUT2D eigenvalue weighted by Crippen LogP contribution is 2.25. The Bertz CT molecular complexity index is 377. The fourth-order valence-corrected chi connectivity index (χ4v) is 1.56. The summed E-state index contributed by atoms with van der Waals surface area (Å²) in [7, 11) is 0. The number of nitrogens with one attached hydrogen (secondary N) is 2. The molecule has 0 aromatic carbocycles. The van der Waals surface area contributed by atoms with Gasteiger partial charge in [-0.3, -0.25) is 5.32 Å². The summed E-state index contributed by atoms with van der Waals surface area (Å²) in [4.78, 5) is 19.0. The predicted molar refractivity (Wildman–Crippen MR) is 63.3 cm³/mol. The molecule has 1 aromatic rings. The van der Waals surface area contributed by atoms with Crippen LogP contribution in [0.1, 0.15) is 45.3 Å². The van der Waals surface area contributed by atoms with Gasteiger partial charge in [-0.25, -0.2) is 9.78 Å². The van der Waals surface area contributed by atoms with Crippen LogP contribution in [0.5, 0.6) is 0 Å². The molecule has 5 heteroatoms. The largest absolute Gasteiger partial charge is 0.459 e. The minimum absolute atomic E-state index is 0.256. The lowest BCUT2D eigenvalue weighted by Gasteiger charge is -2.24. The zero-order valence-electron chi connectivity index (χ0n) is 10.5. The van der Waals surface area contributed by atoms with Crippen molar-refractivity contribution in [3.8, 4) is 0 Å². The number of imidazole rings is 1. The van der Waals surface area contributed by atoms with Gasteiger partial charge in [-0.2, -0.15) is 0 Å². The van der Waals surface area contributed by atoms with Crippen molar-refractivity contribution in [3.05, 3.63) is 18.2 Å². The number of nitrogens with zero attached hydrogens (tertiary/aromatic N) is 1. The Labute approximate surface area is 101 Å². The monoisotopic (exact) mass is 237 g/mol. The van der Waals surface area contributed by atoms with E-state index in [0.29, 0.717) is 6.04 Å². The molecule has 1 aromatic heterocycles. The average Bonchev–Trinajstić information content (AvgIpc) is 2.85. The zero-order valence-corrected chi connectivity index (χ0v) is 10.5. The van der Waals surface area contributed by atoms with Crippen molar-refractivity contribution in [1.82, 2.24) is 15.3 Å². The number of aromatic amines is 1. The maximum absolute atomic E-state index is 12.1. The van der Waals surface area contributed by atoms with Crippen molar-refractivity contribution in [2.24, 2.45) is 0 Å². The van der Waals surface area contributed by atoms with E-state index in [4.69, 9.17) is 4.74 Å². The van der Waals surface area contributed by atoms with Crippen LogP contribution >= 0.6 is 0 Å². The molecule has 1 atom stereocenters. The molecule has 17 heavy (non-hydrogen) atoms. The summed E-state index contributed by atoms with van der Waals surface area (Å²) < 4.78 is 5.40. The number of carbonyl (C=O) groups excluding carboxylic acids is 1. The third-order valence-electron chi connectivity index (χ3n) is 2.45. The van der Waals surface area contributed by atoms with E-state index in [1.54, 1.807) is 12.5 Å². The van der Waals surface area contributed by atoms with Crippen LogP contribution in [0.25, 0.3) is 0 Å². The summed E-state index contributed by atoms with van der Waals surface area (Å²) in [5, 5.41) is 3.27. The van der Waals surface area contributed by atoms with E-state index in [9.17, 15) is 4.79 Å². The standard InChI is InChI=1S/C12H19N3O2/c1-12(2,3)17-11(16)10(15-8-4-5-8)9-6-13-7-14-9/h6-8,10,15H,4-5H2,1-3H3,(H,13,14). The number of hydrogen-bond acceptors (Lipinski definition) is 4. The minimum Gasteiger partial charge on any atom is -0.459 e. The lowest BCUT2D eigenvalue weighted by molar-refractivity contribution is -0.157. The van der Waals surface area contributed by atoms with E-state index in [-0.39, 0.29) is 5.97 Å². The Balaban J connectivity index is 2.06. The molecule has 1 unspecified atom stereocenters. The van der Waals surface area contributed by atoms with Gasteiger partial charge in [0.25, 0.3) is 0 Å². The lowest BCUT2D eigenvalue weighted by atomic mass is 10.1. The average molecular weight is 237 g/mol. The number of esters is 1. The van der Waals surface area contributed by atoms with Crippen LogP contribution in [-0.4, -0.2) is 27.6 Å². The molecule has 2 rings (SSSR count). The van der Waals surface area contributed by atoms with E-state index in [1.165, 1.54) is 0 Å². The van der Waals surface area contributed by atoms with Crippen LogP contribution in [0, 0.1) is 0 Å². The predicted octanol–water partition coefficient (Wildman–Crippen LogP) is 1.54. The van der Waals surface area contributed by atoms with Crippen molar-refractivity contribution in [1.29, 1.82) is 0 Å². The van der Waals surface area contributed by atoms with Gasteiger partial charge in [-0.15, -0.1) is 0 Å². The maximum Gasteiger partial charge on any atom is 0.329 e. The van der Waals surface area contributed by atoms with Crippen LogP contribution in [0.3, 0.4) is 0 Å². The van der Waals surface area contributed by atoms with Crippen molar-refractivity contribution in [2.45, 2.75) is 51.3 Å². The first-order valence-corrected chi connectivity index (χ1v) is 5.93. The van der Waals surface area contributed by atoms with Crippen molar-refractivity contribution in [3.63, 3.8) is 0 Å². The topological polar surface area (TPSA) is 67.0 Å². The Morgan fingerprint density at radius 1 is 1.59 bits per heavy atom. The first kappa shape index (κ1) is 12.1. The van der Waals surface area contributed by atoms with Gasteiger partial charge in [0.15, 0.2) is 0 Å². The normalized spacial score (nSPS) is 17.8. The summed E-state index contributed by atoms with van der Waals surface area (Å²) in [6, 6.07) is -0.0138. The number of H-pyrrole nitrogens is 1. The highest BCUT2D eigenvalue weighted by atomic mass is 16.6. The molecule has 1 fully saturated rings. The number of hydrogen-bond donors (Lipinski definition) is 2. The van der Waals surface area contributed by atoms with Gasteiger partial charge >= 0.3 is 5.97 Å². The van der Waals surface area contributed by atoms with Crippen molar-refractivity contribution in [2.75, 3.05) is 0 Å².